The third kappa shape index (κ3) is 4.79. The van der Waals surface area contributed by atoms with Crippen LogP contribution in [0.5, 0.6) is 5.75 Å². The summed E-state index contributed by atoms with van der Waals surface area (Å²) in [7, 11) is 1.72. The normalized spacial score (nSPS) is 27.3. The molecule has 4 heteroatoms. The van der Waals surface area contributed by atoms with Crippen molar-refractivity contribution in [3.63, 3.8) is 0 Å². The largest absolute Gasteiger partial charge is 0.491 e. The predicted octanol–water partition coefficient (Wildman–Crippen LogP) is 6.53. The number of methoxy groups -OCH3 is 1. The Labute approximate surface area is 203 Å². The molecule has 34 heavy (non-hydrogen) atoms. The van der Waals surface area contributed by atoms with Crippen LogP contribution < -0.4 is 4.74 Å². The standard InChI is InChI=1S/C30H36O4/c1-3-33-29(31)26-9-6-21(7-10-26)4-5-22-8-11-28(34-13-12-32-2)27(17-22)30-18-23-14-24(19-30)16-25(15-23)20-30/h4-11,17,23-25H,3,12-16,18-20H2,1-2H3. The van der Waals surface area contributed by atoms with E-state index in [9.17, 15) is 4.79 Å². The summed E-state index contributed by atoms with van der Waals surface area (Å²) in [5.74, 6) is 3.41. The lowest BCUT2D eigenvalue weighted by Crippen LogP contribution is -2.48. The molecular formula is C30H36O4. The number of esters is 1. The minimum absolute atomic E-state index is 0.266. The molecule has 6 rings (SSSR count). The number of rotatable bonds is 9. The van der Waals surface area contributed by atoms with Gasteiger partial charge in [0.15, 0.2) is 0 Å². The molecule has 2 aromatic carbocycles. The van der Waals surface area contributed by atoms with Gasteiger partial charge in [0.1, 0.15) is 12.4 Å². The van der Waals surface area contributed by atoms with Crippen LogP contribution in [0.2, 0.25) is 0 Å². The quantitative estimate of drug-likeness (QED) is 0.243. The van der Waals surface area contributed by atoms with Gasteiger partial charge in [-0.3, -0.25) is 0 Å². The van der Waals surface area contributed by atoms with E-state index < -0.39 is 0 Å². The summed E-state index contributed by atoms with van der Waals surface area (Å²) in [5.41, 5.74) is 4.51. The van der Waals surface area contributed by atoms with Crippen molar-refractivity contribution in [2.45, 2.75) is 50.9 Å². The lowest BCUT2D eigenvalue weighted by atomic mass is 9.48. The molecule has 4 saturated carbocycles. The maximum absolute atomic E-state index is 11.9. The van der Waals surface area contributed by atoms with Crippen molar-refractivity contribution in [2.24, 2.45) is 17.8 Å². The van der Waals surface area contributed by atoms with Crippen molar-refractivity contribution in [1.82, 2.24) is 0 Å². The molecule has 0 radical (unpaired) electrons. The fourth-order valence-corrected chi connectivity index (χ4v) is 7.00. The third-order valence-electron chi connectivity index (χ3n) is 8.05. The molecule has 4 aliphatic rings. The molecule has 4 fully saturated rings. The van der Waals surface area contributed by atoms with Crippen molar-refractivity contribution < 1.29 is 19.0 Å². The van der Waals surface area contributed by atoms with Crippen LogP contribution >= 0.6 is 0 Å². The topological polar surface area (TPSA) is 44.8 Å². The van der Waals surface area contributed by atoms with Gasteiger partial charge in [-0.25, -0.2) is 4.79 Å². The molecule has 0 heterocycles. The zero-order valence-electron chi connectivity index (χ0n) is 20.4. The number of hydrogen-bond donors (Lipinski definition) is 0. The van der Waals surface area contributed by atoms with E-state index in [0.717, 1.165) is 29.1 Å². The van der Waals surface area contributed by atoms with Crippen LogP contribution in [-0.4, -0.2) is 32.9 Å². The minimum atomic E-state index is -0.276. The first-order chi connectivity index (χ1) is 16.6. The van der Waals surface area contributed by atoms with Crippen LogP contribution in [0, 0.1) is 17.8 Å². The highest BCUT2D eigenvalue weighted by Crippen LogP contribution is 2.62. The second-order valence-electron chi connectivity index (χ2n) is 10.5. The molecule has 4 aliphatic carbocycles. The van der Waals surface area contributed by atoms with E-state index in [2.05, 4.69) is 30.4 Å². The van der Waals surface area contributed by atoms with Crippen LogP contribution in [0.1, 0.15) is 72.5 Å². The molecule has 0 atom stereocenters. The van der Waals surface area contributed by atoms with E-state index in [1.807, 2.05) is 31.2 Å². The molecule has 0 aliphatic heterocycles. The van der Waals surface area contributed by atoms with E-state index in [1.165, 1.54) is 49.7 Å². The van der Waals surface area contributed by atoms with Crippen molar-refractivity contribution >= 4 is 18.1 Å². The predicted molar refractivity (Wildman–Crippen MR) is 135 cm³/mol. The highest BCUT2D eigenvalue weighted by Gasteiger charge is 2.52. The number of carbonyl (C=O) groups excluding carboxylic acids is 1. The summed E-state index contributed by atoms with van der Waals surface area (Å²) in [5, 5.41) is 0. The van der Waals surface area contributed by atoms with Gasteiger partial charge in [0, 0.05) is 12.7 Å². The first-order valence-corrected chi connectivity index (χ1v) is 12.8. The van der Waals surface area contributed by atoms with Crippen molar-refractivity contribution in [3.05, 3.63) is 64.7 Å². The lowest BCUT2D eigenvalue weighted by Gasteiger charge is -2.57. The molecule has 0 unspecified atom stereocenters. The summed E-state index contributed by atoms with van der Waals surface area (Å²) >= 11 is 0. The van der Waals surface area contributed by atoms with Crippen LogP contribution in [0.25, 0.3) is 12.2 Å². The Morgan fingerprint density at radius 3 is 2.15 bits per heavy atom. The number of hydrogen-bond acceptors (Lipinski definition) is 4. The SMILES string of the molecule is CCOC(=O)c1ccc(C=Cc2ccc(OCCOC)c(C34CC5CC(CC(C5)C3)C4)c2)cc1. The minimum Gasteiger partial charge on any atom is -0.491 e. The van der Waals surface area contributed by atoms with Gasteiger partial charge in [0.25, 0.3) is 0 Å². The molecule has 4 nitrogen and oxygen atoms in total. The zero-order chi connectivity index (χ0) is 23.5. The van der Waals surface area contributed by atoms with E-state index in [4.69, 9.17) is 14.2 Å². The maximum atomic E-state index is 11.9. The van der Waals surface area contributed by atoms with Gasteiger partial charge in [-0.15, -0.1) is 0 Å². The Kier molecular flexibility index (Phi) is 6.78. The maximum Gasteiger partial charge on any atom is 0.338 e. The van der Waals surface area contributed by atoms with Gasteiger partial charge in [-0.2, -0.15) is 0 Å². The molecule has 0 aromatic heterocycles. The van der Waals surface area contributed by atoms with Crippen molar-refractivity contribution in [3.8, 4) is 5.75 Å². The molecule has 0 N–H and O–H groups in total. The Bertz CT molecular complexity index is 1000. The molecule has 0 spiro atoms. The van der Waals surface area contributed by atoms with Gasteiger partial charge in [-0.1, -0.05) is 30.4 Å². The summed E-state index contributed by atoms with van der Waals surface area (Å²) in [4.78, 5) is 11.9. The van der Waals surface area contributed by atoms with Crippen LogP contribution in [0.4, 0.5) is 0 Å². The number of benzene rings is 2. The highest BCUT2D eigenvalue weighted by atomic mass is 16.5. The van der Waals surface area contributed by atoms with Gasteiger partial charge in [0.05, 0.1) is 18.8 Å². The van der Waals surface area contributed by atoms with E-state index in [0.29, 0.717) is 25.4 Å². The summed E-state index contributed by atoms with van der Waals surface area (Å²) in [6.45, 7) is 3.39. The Balaban J connectivity index is 1.40. The van der Waals surface area contributed by atoms with E-state index in [-0.39, 0.29) is 11.4 Å². The average molecular weight is 461 g/mol. The molecule has 180 valence electrons. The Hall–Kier alpha value is -2.59. The third-order valence-corrected chi connectivity index (χ3v) is 8.05. The summed E-state index contributed by atoms with van der Waals surface area (Å²) < 4.78 is 16.6. The highest BCUT2D eigenvalue weighted by molar-refractivity contribution is 5.89. The monoisotopic (exact) mass is 460 g/mol. The second-order valence-corrected chi connectivity index (χ2v) is 10.5. The molecule has 2 aromatic rings. The van der Waals surface area contributed by atoms with Crippen LogP contribution in [0.3, 0.4) is 0 Å². The van der Waals surface area contributed by atoms with Crippen molar-refractivity contribution in [1.29, 1.82) is 0 Å². The Morgan fingerprint density at radius 2 is 1.53 bits per heavy atom. The fourth-order valence-electron chi connectivity index (χ4n) is 7.00. The lowest BCUT2D eigenvalue weighted by molar-refractivity contribution is -0.00661. The van der Waals surface area contributed by atoms with Crippen LogP contribution in [0.15, 0.2) is 42.5 Å². The van der Waals surface area contributed by atoms with Crippen molar-refractivity contribution in [2.75, 3.05) is 26.9 Å². The van der Waals surface area contributed by atoms with E-state index >= 15 is 0 Å². The van der Waals surface area contributed by atoms with Gasteiger partial charge in [-0.05, 0) is 104 Å². The van der Waals surface area contributed by atoms with E-state index in [1.54, 1.807) is 7.11 Å². The first-order valence-electron chi connectivity index (χ1n) is 12.8. The molecule has 0 amide bonds. The second kappa shape index (κ2) is 9.95. The molecule has 0 saturated heterocycles. The zero-order valence-corrected chi connectivity index (χ0v) is 20.4. The summed E-state index contributed by atoms with van der Waals surface area (Å²) in [6, 6.07) is 14.3. The molecular weight excluding hydrogens is 424 g/mol. The Morgan fingerprint density at radius 1 is 0.912 bits per heavy atom. The van der Waals surface area contributed by atoms with Gasteiger partial charge >= 0.3 is 5.97 Å². The van der Waals surface area contributed by atoms with Crippen LogP contribution in [-0.2, 0) is 14.9 Å². The van der Waals surface area contributed by atoms with Gasteiger partial charge < -0.3 is 14.2 Å². The van der Waals surface area contributed by atoms with Gasteiger partial charge in [0.2, 0.25) is 0 Å². The molecule has 4 bridgehead atoms. The summed E-state index contributed by atoms with van der Waals surface area (Å²) in [6.07, 6.45) is 12.5. The average Bonchev–Trinajstić information content (AvgIpc) is 2.83. The first kappa shape index (κ1) is 23.2. The smallest absolute Gasteiger partial charge is 0.338 e. The fraction of sp³-hybridized carbons (Fsp3) is 0.500. The number of ether oxygens (including phenoxy) is 3. The number of carbonyl (C=O) groups is 1.